The predicted molar refractivity (Wildman–Crippen MR) is 95.9 cm³/mol. The van der Waals surface area contributed by atoms with E-state index in [2.05, 4.69) is 10.2 Å². The summed E-state index contributed by atoms with van der Waals surface area (Å²) in [5, 5.41) is 7.38. The first-order chi connectivity index (χ1) is 12.0. The van der Waals surface area contributed by atoms with Gasteiger partial charge in [0.25, 0.3) is 11.5 Å². The molecule has 0 radical (unpaired) electrons. The molecule has 0 aliphatic rings. The maximum Gasteiger partial charge on any atom is 0.275 e. The number of hydrogen-bond donors (Lipinski definition) is 1. The van der Waals surface area contributed by atoms with E-state index in [4.69, 9.17) is 4.74 Å². The first kappa shape index (κ1) is 16.7. The monoisotopic (exact) mass is 337 g/mol. The fraction of sp³-hybridized carbons (Fsp3) is 0.211. The van der Waals surface area contributed by atoms with Gasteiger partial charge in [0.1, 0.15) is 5.75 Å². The van der Waals surface area contributed by atoms with E-state index in [1.165, 1.54) is 0 Å². The molecular weight excluding hydrogens is 318 g/mol. The van der Waals surface area contributed by atoms with Gasteiger partial charge < -0.3 is 9.64 Å². The number of fused-ring (bicyclic) bond motifs is 1. The Hall–Kier alpha value is -3.15. The second-order valence-electron chi connectivity index (χ2n) is 5.81. The van der Waals surface area contributed by atoms with Crippen LogP contribution < -0.4 is 10.3 Å². The first-order valence-electron chi connectivity index (χ1n) is 7.91. The molecule has 3 rings (SSSR count). The van der Waals surface area contributed by atoms with Crippen molar-refractivity contribution < 1.29 is 9.53 Å². The molecule has 6 heteroatoms. The Labute approximate surface area is 145 Å². The van der Waals surface area contributed by atoms with Gasteiger partial charge >= 0.3 is 0 Å². The molecule has 1 heterocycles. The van der Waals surface area contributed by atoms with Crippen molar-refractivity contribution in [2.24, 2.45) is 0 Å². The van der Waals surface area contributed by atoms with Crippen LogP contribution in [0.2, 0.25) is 0 Å². The van der Waals surface area contributed by atoms with Crippen molar-refractivity contribution in [2.45, 2.75) is 13.0 Å². The number of hydrogen-bond acceptors (Lipinski definition) is 4. The number of rotatable bonds is 4. The van der Waals surface area contributed by atoms with Gasteiger partial charge in [0.05, 0.1) is 18.5 Å². The maximum absolute atomic E-state index is 12.9. The van der Waals surface area contributed by atoms with Gasteiger partial charge in [-0.25, -0.2) is 5.10 Å². The number of nitrogens with one attached hydrogen (secondary N) is 1. The fourth-order valence-electron chi connectivity index (χ4n) is 2.73. The van der Waals surface area contributed by atoms with E-state index in [0.717, 1.165) is 11.3 Å². The van der Waals surface area contributed by atoms with Crippen LogP contribution in [0.5, 0.6) is 5.75 Å². The van der Waals surface area contributed by atoms with Crippen LogP contribution in [-0.2, 0) is 0 Å². The Morgan fingerprint density at radius 1 is 1.12 bits per heavy atom. The minimum absolute atomic E-state index is 0.161. The number of benzene rings is 2. The van der Waals surface area contributed by atoms with Gasteiger partial charge in [0.15, 0.2) is 5.69 Å². The second-order valence-corrected chi connectivity index (χ2v) is 5.81. The Bertz CT molecular complexity index is 964. The quantitative estimate of drug-likeness (QED) is 0.794. The van der Waals surface area contributed by atoms with Gasteiger partial charge in [-0.05, 0) is 30.7 Å². The number of carbonyl (C=O) groups excluding carboxylic acids is 1. The standard InChI is InChI=1S/C19H19N3O3/c1-12(13-8-10-14(25-3)11-9-13)22(2)19(24)17-15-6-4-5-7-16(15)18(23)21-20-17/h4-12H,1-3H3,(H,21,23). The summed E-state index contributed by atoms with van der Waals surface area (Å²) in [5.74, 6) is 0.508. The van der Waals surface area contributed by atoms with Gasteiger partial charge in [-0.2, -0.15) is 5.10 Å². The Morgan fingerprint density at radius 2 is 1.76 bits per heavy atom. The van der Waals surface area contributed by atoms with Crippen LogP contribution in [0, 0.1) is 0 Å². The van der Waals surface area contributed by atoms with Gasteiger partial charge in [-0.15, -0.1) is 0 Å². The molecule has 2 aromatic carbocycles. The summed E-state index contributed by atoms with van der Waals surface area (Å²) in [5.41, 5.74) is 0.904. The number of aromatic amines is 1. The Balaban J connectivity index is 1.94. The van der Waals surface area contributed by atoms with Crippen molar-refractivity contribution in [3.05, 3.63) is 70.1 Å². The fourth-order valence-corrected chi connectivity index (χ4v) is 2.73. The predicted octanol–water partition coefficient (Wildman–Crippen LogP) is 2.76. The molecule has 25 heavy (non-hydrogen) atoms. The normalized spacial score (nSPS) is 12.0. The molecule has 0 fully saturated rings. The molecule has 1 atom stereocenters. The van der Waals surface area contributed by atoms with Gasteiger partial charge in [0.2, 0.25) is 0 Å². The molecule has 0 aliphatic heterocycles. The first-order valence-corrected chi connectivity index (χ1v) is 7.91. The van der Waals surface area contributed by atoms with E-state index in [9.17, 15) is 9.59 Å². The Morgan fingerprint density at radius 3 is 2.40 bits per heavy atom. The summed E-state index contributed by atoms with van der Waals surface area (Å²) in [6.45, 7) is 1.94. The molecule has 6 nitrogen and oxygen atoms in total. The zero-order valence-electron chi connectivity index (χ0n) is 14.3. The van der Waals surface area contributed by atoms with E-state index in [0.29, 0.717) is 10.8 Å². The summed E-state index contributed by atoms with van der Waals surface area (Å²) < 4.78 is 5.16. The summed E-state index contributed by atoms with van der Waals surface area (Å²) in [4.78, 5) is 26.4. The van der Waals surface area contributed by atoms with Crippen molar-refractivity contribution in [3.63, 3.8) is 0 Å². The van der Waals surface area contributed by atoms with Crippen LogP contribution >= 0.6 is 0 Å². The summed E-state index contributed by atoms with van der Waals surface area (Å²) in [6, 6.07) is 14.4. The molecule has 1 aromatic heterocycles. The van der Waals surface area contributed by atoms with E-state index < -0.39 is 0 Å². The highest BCUT2D eigenvalue weighted by Crippen LogP contribution is 2.24. The van der Waals surface area contributed by atoms with Crippen molar-refractivity contribution >= 4 is 16.7 Å². The van der Waals surface area contributed by atoms with E-state index in [1.807, 2.05) is 31.2 Å². The summed E-state index contributed by atoms with van der Waals surface area (Å²) in [7, 11) is 3.33. The van der Waals surface area contributed by atoms with Crippen LogP contribution in [0.4, 0.5) is 0 Å². The number of amides is 1. The summed E-state index contributed by atoms with van der Waals surface area (Å²) >= 11 is 0. The van der Waals surface area contributed by atoms with Crippen LogP contribution in [0.1, 0.15) is 29.0 Å². The average molecular weight is 337 g/mol. The molecule has 128 valence electrons. The molecule has 0 bridgehead atoms. The highest BCUT2D eigenvalue weighted by atomic mass is 16.5. The summed E-state index contributed by atoms with van der Waals surface area (Å²) in [6.07, 6.45) is 0. The topological polar surface area (TPSA) is 75.3 Å². The third kappa shape index (κ3) is 3.10. The number of aromatic nitrogens is 2. The number of ether oxygens (including phenoxy) is 1. The molecule has 1 unspecified atom stereocenters. The van der Waals surface area contributed by atoms with Crippen molar-refractivity contribution in [1.29, 1.82) is 0 Å². The molecule has 1 amide bonds. The average Bonchev–Trinajstić information content (AvgIpc) is 2.67. The van der Waals surface area contributed by atoms with E-state index in [-0.39, 0.29) is 23.2 Å². The third-order valence-corrected chi connectivity index (χ3v) is 4.40. The number of methoxy groups -OCH3 is 1. The maximum atomic E-state index is 12.9. The highest BCUT2D eigenvalue weighted by molar-refractivity contribution is 6.04. The zero-order chi connectivity index (χ0) is 18.0. The molecule has 0 saturated carbocycles. The number of carbonyl (C=O) groups is 1. The third-order valence-electron chi connectivity index (χ3n) is 4.40. The lowest BCUT2D eigenvalue weighted by Crippen LogP contribution is -2.31. The zero-order valence-corrected chi connectivity index (χ0v) is 14.3. The molecule has 3 aromatic rings. The van der Waals surface area contributed by atoms with Crippen LogP contribution in [0.15, 0.2) is 53.3 Å². The minimum atomic E-state index is -0.307. The van der Waals surface area contributed by atoms with E-state index >= 15 is 0 Å². The van der Waals surface area contributed by atoms with Gasteiger partial charge in [-0.3, -0.25) is 9.59 Å². The molecule has 0 spiro atoms. The molecule has 0 saturated heterocycles. The molecular formula is C19H19N3O3. The highest BCUT2D eigenvalue weighted by Gasteiger charge is 2.22. The lowest BCUT2D eigenvalue weighted by atomic mass is 10.1. The van der Waals surface area contributed by atoms with Crippen molar-refractivity contribution in [2.75, 3.05) is 14.2 Å². The SMILES string of the molecule is COc1ccc(C(C)N(C)C(=O)c2n[nH]c(=O)c3ccccc23)cc1. The lowest BCUT2D eigenvalue weighted by Gasteiger charge is -2.25. The van der Waals surface area contributed by atoms with E-state index in [1.54, 1.807) is 43.3 Å². The van der Waals surface area contributed by atoms with Crippen molar-refractivity contribution in [1.82, 2.24) is 15.1 Å². The minimum Gasteiger partial charge on any atom is -0.497 e. The molecule has 1 N–H and O–H groups in total. The van der Waals surface area contributed by atoms with Crippen molar-refractivity contribution in [3.8, 4) is 5.75 Å². The largest absolute Gasteiger partial charge is 0.497 e. The number of H-pyrrole nitrogens is 1. The van der Waals surface area contributed by atoms with Gasteiger partial charge in [-0.1, -0.05) is 30.3 Å². The second kappa shape index (κ2) is 6.76. The smallest absolute Gasteiger partial charge is 0.275 e. The molecule has 0 aliphatic carbocycles. The Kier molecular flexibility index (Phi) is 4.52. The number of nitrogens with zero attached hydrogens (tertiary/aromatic N) is 2. The van der Waals surface area contributed by atoms with Crippen LogP contribution in [-0.4, -0.2) is 35.2 Å². The van der Waals surface area contributed by atoms with Crippen LogP contribution in [0.25, 0.3) is 10.8 Å². The van der Waals surface area contributed by atoms with Crippen LogP contribution in [0.3, 0.4) is 0 Å². The lowest BCUT2D eigenvalue weighted by molar-refractivity contribution is 0.0737. The van der Waals surface area contributed by atoms with Gasteiger partial charge in [0, 0.05) is 12.4 Å².